The van der Waals surface area contributed by atoms with Gasteiger partial charge in [0.1, 0.15) is 0 Å². The van der Waals surface area contributed by atoms with E-state index < -0.39 is 0 Å². The molecule has 0 bridgehead atoms. The maximum atomic E-state index is 12.3. The van der Waals surface area contributed by atoms with Crippen molar-refractivity contribution in [2.45, 2.75) is 39.8 Å². The van der Waals surface area contributed by atoms with Crippen LogP contribution in [0.1, 0.15) is 28.1 Å². The number of carbonyl (C=O) groups excluding carboxylic acids is 2. The quantitative estimate of drug-likeness (QED) is 0.609. The summed E-state index contributed by atoms with van der Waals surface area (Å²) in [6, 6.07) is 5.94. The Labute approximate surface area is 164 Å². The van der Waals surface area contributed by atoms with Gasteiger partial charge in [-0.2, -0.15) is 0 Å². The lowest BCUT2D eigenvalue weighted by molar-refractivity contribution is -0.131. The molecule has 7 heteroatoms. The molecule has 0 unspecified atom stereocenters. The number of hydrogen-bond donors (Lipinski definition) is 1. The second kappa shape index (κ2) is 8.99. The van der Waals surface area contributed by atoms with Gasteiger partial charge in [0.2, 0.25) is 11.8 Å². The highest BCUT2D eigenvalue weighted by Crippen LogP contribution is 2.22. The van der Waals surface area contributed by atoms with Gasteiger partial charge in [0, 0.05) is 24.1 Å². The standard InChI is InChI=1S/C20H26N4O2S/c1-12-7-13(2)19(14(3)8-12)23-17(25)10-24(6)18(26)11-27-20-21-15(4)9-16(5)22-20/h7-9H,10-11H2,1-6H3,(H,23,25). The molecule has 6 nitrogen and oxygen atoms in total. The van der Waals surface area contributed by atoms with Crippen LogP contribution in [0.2, 0.25) is 0 Å². The van der Waals surface area contributed by atoms with Gasteiger partial charge < -0.3 is 10.2 Å². The van der Waals surface area contributed by atoms with Crippen LogP contribution in [0.25, 0.3) is 0 Å². The van der Waals surface area contributed by atoms with E-state index in [1.54, 1.807) is 7.05 Å². The minimum absolute atomic E-state index is 0.000147. The maximum absolute atomic E-state index is 12.3. The van der Waals surface area contributed by atoms with Crippen molar-refractivity contribution in [1.29, 1.82) is 0 Å². The Morgan fingerprint density at radius 3 is 2.11 bits per heavy atom. The highest BCUT2D eigenvalue weighted by molar-refractivity contribution is 7.99. The first-order valence-corrected chi connectivity index (χ1v) is 9.71. The average molecular weight is 387 g/mol. The number of carbonyl (C=O) groups is 2. The Morgan fingerprint density at radius 1 is 1.00 bits per heavy atom. The molecule has 27 heavy (non-hydrogen) atoms. The van der Waals surface area contributed by atoms with Crippen LogP contribution in [-0.4, -0.2) is 46.0 Å². The summed E-state index contributed by atoms with van der Waals surface area (Å²) in [6.45, 7) is 9.74. The number of rotatable bonds is 6. The molecule has 0 radical (unpaired) electrons. The second-order valence-corrected chi connectivity index (χ2v) is 7.74. The van der Waals surface area contributed by atoms with Gasteiger partial charge in [0.05, 0.1) is 12.3 Å². The van der Waals surface area contributed by atoms with Crippen molar-refractivity contribution in [1.82, 2.24) is 14.9 Å². The summed E-state index contributed by atoms with van der Waals surface area (Å²) in [5, 5.41) is 3.49. The van der Waals surface area contributed by atoms with Crippen LogP contribution in [0.4, 0.5) is 5.69 Å². The van der Waals surface area contributed by atoms with Gasteiger partial charge in [0.15, 0.2) is 5.16 Å². The fraction of sp³-hybridized carbons (Fsp3) is 0.400. The number of aryl methyl sites for hydroxylation is 5. The van der Waals surface area contributed by atoms with E-state index >= 15 is 0 Å². The minimum Gasteiger partial charge on any atom is -0.336 e. The molecule has 0 aliphatic rings. The first-order chi connectivity index (χ1) is 12.7. The van der Waals surface area contributed by atoms with Crippen LogP contribution < -0.4 is 5.32 Å². The number of thioether (sulfide) groups is 1. The zero-order chi connectivity index (χ0) is 20.1. The number of amides is 2. The predicted octanol–water partition coefficient (Wildman–Crippen LogP) is 3.21. The SMILES string of the molecule is Cc1cc(C)c(NC(=O)CN(C)C(=O)CSc2nc(C)cc(C)n2)c(C)c1. The molecule has 2 rings (SSSR count). The molecule has 0 aliphatic heterocycles. The van der Waals surface area contributed by atoms with Crippen LogP contribution in [0, 0.1) is 34.6 Å². The molecule has 2 aromatic rings. The molecule has 1 aromatic heterocycles. The number of nitrogens with one attached hydrogen (secondary N) is 1. The molecular formula is C20H26N4O2S. The molecule has 0 aliphatic carbocycles. The molecule has 2 amide bonds. The van der Waals surface area contributed by atoms with Crippen molar-refractivity contribution < 1.29 is 9.59 Å². The van der Waals surface area contributed by atoms with E-state index in [0.29, 0.717) is 5.16 Å². The van der Waals surface area contributed by atoms with E-state index in [9.17, 15) is 9.59 Å². The van der Waals surface area contributed by atoms with Crippen molar-refractivity contribution in [3.8, 4) is 0 Å². The fourth-order valence-corrected chi connectivity index (χ4v) is 3.74. The molecule has 1 N–H and O–H groups in total. The first kappa shape index (κ1) is 20.9. The lowest BCUT2D eigenvalue weighted by Gasteiger charge is -2.18. The van der Waals surface area contributed by atoms with Crippen LogP contribution in [-0.2, 0) is 9.59 Å². The topological polar surface area (TPSA) is 75.2 Å². The van der Waals surface area contributed by atoms with Crippen molar-refractivity contribution >= 4 is 29.3 Å². The van der Waals surface area contributed by atoms with E-state index in [-0.39, 0.29) is 24.1 Å². The zero-order valence-electron chi connectivity index (χ0n) is 16.7. The lowest BCUT2D eigenvalue weighted by Crippen LogP contribution is -2.36. The van der Waals surface area contributed by atoms with Crippen LogP contribution in [0.3, 0.4) is 0 Å². The summed E-state index contributed by atoms with van der Waals surface area (Å²) in [7, 11) is 1.62. The predicted molar refractivity (Wildman–Crippen MR) is 109 cm³/mol. The highest BCUT2D eigenvalue weighted by atomic mass is 32.2. The fourth-order valence-electron chi connectivity index (χ4n) is 2.85. The molecule has 0 fully saturated rings. The summed E-state index contributed by atoms with van der Waals surface area (Å²) in [6.07, 6.45) is 0. The third-order valence-corrected chi connectivity index (χ3v) is 4.87. The Kier molecular flexibility index (Phi) is 6.96. The van der Waals surface area contributed by atoms with Gasteiger partial charge in [-0.3, -0.25) is 9.59 Å². The Bertz CT molecular complexity index is 824. The summed E-state index contributed by atoms with van der Waals surface area (Å²) in [4.78, 5) is 34.7. The first-order valence-electron chi connectivity index (χ1n) is 8.72. The minimum atomic E-state index is -0.214. The summed E-state index contributed by atoms with van der Waals surface area (Å²) in [5.74, 6) is -0.168. The molecule has 0 atom stereocenters. The number of benzene rings is 1. The molecule has 144 valence electrons. The lowest BCUT2D eigenvalue weighted by atomic mass is 10.1. The highest BCUT2D eigenvalue weighted by Gasteiger charge is 2.16. The third kappa shape index (κ3) is 6.06. The Morgan fingerprint density at radius 2 is 1.56 bits per heavy atom. The van der Waals surface area contributed by atoms with Crippen molar-refractivity contribution in [3.05, 3.63) is 46.3 Å². The number of anilines is 1. The molecule has 0 saturated carbocycles. The van der Waals surface area contributed by atoms with Crippen LogP contribution in [0.15, 0.2) is 23.4 Å². The van der Waals surface area contributed by atoms with Crippen LogP contribution in [0.5, 0.6) is 0 Å². The third-order valence-electron chi connectivity index (χ3n) is 4.03. The van der Waals surface area contributed by atoms with Gasteiger partial charge in [-0.15, -0.1) is 0 Å². The molecule has 0 saturated heterocycles. The van der Waals surface area contributed by atoms with E-state index in [1.165, 1.54) is 16.7 Å². The maximum Gasteiger partial charge on any atom is 0.243 e. The normalized spacial score (nSPS) is 10.6. The number of likely N-dealkylation sites (N-methyl/N-ethyl adjacent to an activating group) is 1. The second-order valence-electron chi connectivity index (χ2n) is 6.79. The number of aromatic nitrogens is 2. The molecule has 1 heterocycles. The van der Waals surface area contributed by atoms with E-state index in [2.05, 4.69) is 15.3 Å². The zero-order valence-corrected chi connectivity index (χ0v) is 17.5. The van der Waals surface area contributed by atoms with E-state index in [1.807, 2.05) is 52.8 Å². The van der Waals surface area contributed by atoms with Crippen LogP contribution >= 0.6 is 11.8 Å². The van der Waals surface area contributed by atoms with Gasteiger partial charge >= 0.3 is 0 Å². The van der Waals surface area contributed by atoms with Gasteiger partial charge in [-0.1, -0.05) is 29.5 Å². The molecule has 0 spiro atoms. The Hall–Kier alpha value is -2.41. The summed E-state index contributed by atoms with van der Waals surface area (Å²) >= 11 is 1.28. The van der Waals surface area contributed by atoms with Crippen molar-refractivity contribution in [2.75, 3.05) is 24.7 Å². The monoisotopic (exact) mass is 386 g/mol. The summed E-state index contributed by atoms with van der Waals surface area (Å²) < 4.78 is 0. The smallest absolute Gasteiger partial charge is 0.243 e. The van der Waals surface area contributed by atoms with Crippen molar-refractivity contribution in [3.63, 3.8) is 0 Å². The van der Waals surface area contributed by atoms with E-state index in [4.69, 9.17) is 0 Å². The number of nitrogens with zero attached hydrogens (tertiary/aromatic N) is 3. The van der Waals surface area contributed by atoms with Gasteiger partial charge in [0.25, 0.3) is 0 Å². The van der Waals surface area contributed by atoms with Gasteiger partial charge in [-0.05, 0) is 51.8 Å². The number of hydrogen-bond acceptors (Lipinski definition) is 5. The Balaban J connectivity index is 1.91. The largest absolute Gasteiger partial charge is 0.336 e. The summed E-state index contributed by atoms with van der Waals surface area (Å²) in [5.41, 5.74) is 5.73. The van der Waals surface area contributed by atoms with Gasteiger partial charge in [-0.25, -0.2) is 9.97 Å². The average Bonchev–Trinajstić information content (AvgIpc) is 2.55. The van der Waals surface area contributed by atoms with E-state index in [0.717, 1.165) is 33.8 Å². The molecule has 1 aromatic carbocycles. The molecular weight excluding hydrogens is 360 g/mol. The van der Waals surface area contributed by atoms with Crippen molar-refractivity contribution in [2.24, 2.45) is 0 Å².